The zero-order valence-corrected chi connectivity index (χ0v) is 9.30. The molecule has 1 unspecified atom stereocenters. The summed E-state index contributed by atoms with van der Waals surface area (Å²) >= 11 is 0. The van der Waals surface area contributed by atoms with Crippen LogP contribution in [0.2, 0.25) is 0 Å². The van der Waals surface area contributed by atoms with Gasteiger partial charge in [0.2, 0.25) is 0 Å². The number of nitrogens with one attached hydrogen (secondary N) is 1. The van der Waals surface area contributed by atoms with E-state index in [1.807, 2.05) is 0 Å². The van der Waals surface area contributed by atoms with E-state index in [9.17, 15) is 15.0 Å². The molecular formula is C9H14N4O5. The number of aliphatic hydroxyl groups is 3. The van der Waals surface area contributed by atoms with Crippen LogP contribution in [0, 0.1) is 0 Å². The number of ether oxygens (including phenoxy) is 1. The molecule has 1 aromatic heterocycles. The van der Waals surface area contributed by atoms with Gasteiger partial charge < -0.3 is 25.5 Å². The van der Waals surface area contributed by atoms with Crippen LogP contribution in [0.5, 0.6) is 0 Å². The van der Waals surface area contributed by atoms with Gasteiger partial charge in [-0.1, -0.05) is 0 Å². The predicted molar refractivity (Wildman–Crippen MR) is 59.3 cm³/mol. The normalized spacial score (nSPS) is 31.6. The Morgan fingerprint density at radius 1 is 1.50 bits per heavy atom. The summed E-state index contributed by atoms with van der Waals surface area (Å²) in [6.07, 6.45) is -3.30. The molecule has 0 amide bonds. The van der Waals surface area contributed by atoms with Gasteiger partial charge >= 0.3 is 5.69 Å². The summed E-state index contributed by atoms with van der Waals surface area (Å²) in [5.74, 6) is 5.27. The summed E-state index contributed by atoms with van der Waals surface area (Å²) in [6.45, 7) is -0.459. The van der Waals surface area contributed by atoms with Crippen LogP contribution in [0.15, 0.2) is 17.1 Å². The molecule has 1 saturated heterocycles. The number of nitrogen functional groups attached to an aromatic ring is 1. The SMILES string of the molecule is NNc1ccn([C@@H]2O[C@H](CO)C(O)[C@@H]2O)c(=O)n1. The van der Waals surface area contributed by atoms with E-state index in [4.69, 9.17) is 15.7 Å². The lowest BCUT2D eigenvalue weighted by molar-refractivity contribution is -0.0549. The molecule has 100 valence electrons. The van der Waals surface area contributed by atoms with Gasteiger partial charge in [0.25, 0.3) is 0 Å². The van der Waals surface area contributed by atoms with E-state index in [1.165, 1.54) is 12.3 Å². The first-order chi connectivity index (χ1) is 8.58. The summed E-state index contributed by atoms with van der Waals surface area (Å²) < 4.78 is 6.22. The molecule has 0 spiro atoms. The molecule has 2 rings (SSSR count). The quantitative estimate of drug-likeness (QED) is 0.288. The van der Waals surface area contributed by atoms with Crippen LogP contribution >= 0.6 is 0 Å². The maximum atomic E-state index is 11.7. The summed E-state index contributed by atoms with van der Waals surface area (Å²) in [5, 5.41) is 28.3. The molecule has 0 radical (unpaired) electrons. The van der Waals surface area contributed by atoms with Crippen LogP contribution in [-0.2, 0) is 4.74 Å². The fourth-order valence-electron chi connectivity index (χ4n) is 1.80. The highest BCUT2D eigenvalue weighted by molar-refractivity contribution is 5.29. The van der Waals surface area contributed by atoms with Crippen molar-refractivity contribution >= 4 is 5.82 Å². The summed E-state index contributed by atoms with van der Waals surface area (Å²) in [4.78, 5) is 15.2. The van der Waals surface area contributed by atoms with Gasteiger partial charge in [-0.05, 0) is 6.07 Å². The smallest absolute Gasteiger partial charge is 0.351 e. The van der Waals surface area contributed by atoms with Crippen molar-refractivity contribution in [2.24, 2.45) is 5.84 Å². The molecule has 0 bridgehead atoms. The van der Waals surface area contributed by atoms with E-state index in [1.54, 1.807) is 0 Å². The molecule has 1 fully saturated rings. The highest BCUT2D eigenvalue weighted by Gasteiger charge is 2.43. The van der Waals surface area contributed by atoms with Gasteiger partial charge in [-0.2, -0.15) is 4.98 Å². The number of aliphatic hydroxyl groups excluding tert-OH is 3. The fraction of sp³-hybridized carbons (Fsp3) is 0.556. The number of hydrazine groups is 1. The second-order valence-electron chi connectivity index (χ2n) is 3.88. The Morgan fingerprint density at radius 3 is 2.72 bits per heavy atom. The topological polar surface area (TPSA) is 143 Å². The second-order valence-corrected chi connectivity index (χ2v) is 3.88. The van der Waals surface area contributed by atoms with E-state index in [0.29, 0.717) is 0 Å². The molecule has 0 saturated carbocycles. The second kappa shape index (κ2) is 5.00. The minimum Gasteiger partial charge on any atom is -0.394 e. The Bertz CT molecular complexity index is 478. The van der Waals surface area contributed by atoms with Crippen molar-refractivity contribution in [2.45, 2.75) is 24.5 Å². The number of nitrogens with zero attached hydrogens (tertiary/aromatic N) is 2. The minimum absolute atomic E-state index is 0.169. The number of anilines is 1. The van der Waals surface area contributed by atoms with E-state index in [2.05, 4.69) is 10.4 Å². The van der Waals surface area contributed by atoms with Gasteiger partial charge in [-0.15, -0.1) is 0 Å². The van der Waals surface area contributed by atoms with Crippen molar-refractivity contribution in [2.75, 3.05) is 12.0 Å². The van der Waals surface area contributed by atoms with Gasteiger partial charge in [-0.3, -0.25) is 4.57 Å². The Morgan fingerprint density at radius 2 is 2.22 bits per heavy atom. The third-order valence-electron chi connectivity index (χ3n) is 2.77. The molecule has 1 aromatic rings. The lowest BCUT2D eigenvalue weighted by atomic mass is 10.1. The highest BCUT2D eigenvalue weighted by Crippen LogP contribution is 2.27. The van der Waals surface area contributed by atoms with Gasteiger partial charge in [0, 0.05) is 6.20 Å². The molecule has 0 aromatic carbocycles. The lowest BCUT2D eigenvalue weighted by Gasteiger charge is -2.17. The number of hydrogen-bond acceptors (Lipinski definition) is 8. The molecule has 1 aliphatic heterocycles. The van der Waals surface area contributed by atoms with Crippen LogP contribution < -0.4 is 17.0 Å². The first-order valence-corrected chi connectivity index (χ1v) is 5.26. The standard InChI is InChI=1S/C9H14N4O5/c10-12-5-1-2-13(9(17)11-5)8-7(16)6(15)4(3-14)18-8/h1-2,4,6-8,14-16H,3,10H2,(H,11,12,17)/t4-,6?,7+,8-/m1/s1. The Balaban J connectivity index is 2.30. The minimum atomic E-state index is -1.32. The number of rotatable bonds is 3. The van der Waals surface area contributed by atoms with Crippen LogP contribution in [0.25, 0.3) is 0 Å². The molecule has 6 N–H and O–H groups in total. The first-order valence-electron chi connectivity index (χ1n) is 5.26. The molecule has 1 aliphatic rings. The average molecular weight is 258 g/mol. The number of aromatic nitrogens is 2. The van der Waals surface area contributed by atoms with E-state index < -0.39 is 36.8 Å². The third-order valence-corrected chi connectivity index (χ3v) is 2.77. The van der Waals surface area contributed by atoms with Crippen LogP contribution in [0.1, 0.15) is 6.23 Å². The largest absolute Gasteiger partial charge is 0.394 e. The van der Waals surface area contributed by atoms with E-state index in [-0.39, 0.29) is 5.82 Å². The van der Waals surface area contributed by atoms with E-state index >= 15 is 0 Å². The average Bonchev–Trinajstić information content (AvgIpc) is 2.66. The fourth-order valence-corrected chi connectivity index (χ4v) is 1.80. The Kier molecular flexibility index (Phi) is 3.59. The van der Waals surface area contributed by atoms with Crippen molar-refractivity contribution in [1.29, 1.82) is 0 Å². The van der Waals surface area contributed by atoms with Crippen LogP contribution in [0.3, 0.4) is 0 Å². The Labute approximate surface area is 101 Å². The first kappa shape index (κ1) is 12.9. The molecule has 4 atom stereocenters. The zero-order valence-electron chi connectivity index (χ0n) is 9.30. The van der Waals surface area contributed by atoms with Crippen molar-refractivity contribution < 1.29 is 20.1 Å². The summed E-state index contributed by atoms with van der Waals surface area (Å²) in [6, 6.07) is 1.41. The van der Waals surface area contributed by atoms with Crippen molar-refractivity contribution in [3.63, 3.8) is 0 Å². The molecule has 9 nitrogen and oxygen atoms in total. The number of nitrogens with two attached hydrogens (primary N) is 1. The van der Waals surface area contributed by atoms with E-state index in [0.717, 1.165) is 4.57 Å². The monoisotopic (exact) mass is 258 g/mol. The number of hydrogen-bond donors (Lipinski definition) is 5. The van der Waals surface area contributed by atoms with Crippen LogP contribution in [0.4, 0.5) is 5.82 Å². The molecule has 0 aliphatic carbocycles. The predicted octanol–water partition coefficient (Wildman–Crippen LogP) is -2.86. The third kappa shape index (κ3) is 2.09. The van der Waals surface area contributed by atoms with Gasteiger partial charge in [0.15, 0.2) is 6.23 Å². The summed E-state index contributed by atoms with van der Waals surface area (Å²) in [5.41, 5.74) is 1.51. The summed E-state index contributed by atoms with van der Waals surface area (Å²) in [7, 11) is 0. The van der Waals surface area contributed by atoms with Crippen molar-refractivity contribution in [3.05, 3.63) is 22.7 Å². The lowest BCUT2D eigenvalue weighted by Crippen LogP contribution is -2.36. The van der Waals surface area contributed by atoms with Crippen molar-refractivity contribution in [3.8, 4) is 0 Å². The molecule has 18 heavy (non-hydrogen) atoms. The molecular weight excluding hydrogens is 244 g/mol. The van der Waals surface area contributed by atoms with Crippen molar-refractivity contribution in [1.82, 2.24) is 9.55 Å². The highest BCUT2D eigenvalue weighted by atomic mass is 16.6. The van der Waals surface area contributed by atoms with Gasteiger partial charge in [0.05, 0.1) is 6.61 Å². The maximum absolute atomic E-state index is 11.7. The zero-order chi connectivity index (χ0) is 13.3. The molecule has 2 heterocycles. The van der Waals surface area contributed by atoms with Gasteiger partial charge in [0.1, 0.15) is 24.1 Å². The van der Waals surface area contributed by atoms with Crippen LogP contribution in [-0.4, -0.2) is 49.8 Å². The Hall–Kier alpha value is -1.52. The van der Waals surface area contributed by atoms with Gasteiger partial charge in [-0.25, -0.2) is 10.6 Å². The molecule has 9 heteroatoms. The maximum Gasteiger partial charge on any atom is 0.351 e.